The van der Waals surface area contributed by atoms with E-state index in [4.69, 9.17) is 4.74 Å². The number of halogens is 3. The Hall–Kier alpha value is -3.36. The van der Waals surface area contributed by atoms with Gasteiger partial charge in [0.25, 0.3) is 5.56 Å². The highest BCUT2D eigenvalue weighted by Crippen LogP contribution is 2.50. The molecular weight excluding hydrogens is 449 g/mol. The molecule has 1 atom stereocenters. The van der Waals surface area contributed by atoms with Crippen LogP contribution in [0.15, 0.2) is 58.9 Å². The Balaban J connectivity index is 1.58. The van der Waals surface area contributed by atoms with Crippen LogP contribution in [0.25, 0.3) is 0 Å². The van der Waals surface area contributed by atoms with E-state index in [0.29, 0.717) is 0 Å². The molecule has 1 aromatic heterocycles. The summed E-state index contributed by atoms with van der Waals surface area (Å²) in [6, 6.07) is 9.01. The molecule has 34 heavy (non-hydrogen) atoms. The van der Waals surface area contributed by atoms with Gasteiger partial charge in [0.15, 0.2) is 5.69 Å². The van der Waals surface area contributed by atoms with Crippen molar-refractivity contribution in [3.63, 3.8) is 0 Å². The molecule has 1 fully saturated rings. The van der Waals surface area contributed by atoms with Gasteiger partial charge in [-0.2, -0.15) is 13.2 Å². The number of carboxylic acids is 1. The van der Waals surface area contributed by atoms with Crippen LogP contribution in [0.3, 0.4) is 0 Å². The van der Waals surface area contributed by atoms with Gasteiger partial charge in [0.2, 0.25) is 5.75 Å². The van der Waals surface area contributed by atoms with Crippen LogP contribution in [0.5, 0.6) is 5.75 Å². The van der Waals surface area contributed by atoms with Crippen molar-refractivity contribution in [2.75, 3.05) is 0 Å². The van der Waals surface area contributed by atoms with Gasteiger partial charge in [0.1, 0.15) is 12.4 Å². The second-order valence-corrected chi connectivity index (χ2v) is 8.87. The smallest absolute Gasteiger partial charge is 0.416 e. The first-order valence-electron chi connectivity index (χ1n) is 11.2. The van der Waals surface area contributed by atoms with Gasteiger partial charge >= 0.3 is 12.1 Å². The quantitative estimate of drug-likeness (QED) is 0.575. The number of aromatic nitrogens is 2. The number of carbonyl (C=O) groups is 1. The summed E-state index contributed by atoms with van der Waals surface area (Å²) < 4.78 is 44.6. The van der Waals surface area contributed by atoms with Crippen LogP contribution >= 0.6 is 0 Å². The molecule has 180 valence electrons. The van der Waals surface area contributed by atoms with Gasteiger partial charge in [-0.15, -0.1) is 0 Å². The topological polar surface area (TPSA) is 92.3 Å². The van der Waals surface area contributed by atoms with Crippen molar-refractivity contribution < 1.29 is 27.8 Å². The standard InChI is InChI=1S/C25H25F3N2O4/c26-25(27,28)18-10-8-17(9-11-18)24(12-4-5-13-24)14-19-29-20(23(32)33)21(22(31)30-19)34-15-16-6-2-1-3-7-16/h1-3,6-8,10-11,17H,4-5,9,12-15H2,(H,32,33)(H,29,30,31). The number of aromatic amines is 1. The number of nitrogens with zero attached hydrogens (tertiary/aromatic N) is 1. The number of benzene rings is 1. The monoisotopic (exact) mass is 474 g/mol. The van der Waals surface area contributed by atoms with E-state index in [-0.39, 0.29) is 36.9 Å². The van der Waals surface area contributed by atoms with Crippen LogP contribution in [-0.2, 0) is 13.0 Å². The van der Waals surface area contributed by atoms with E-state index in [0.717, 1.165) is 37.3 Å². The second-order valence-electron chi connectivity index (χ2n) is 8.87. The molecule has 2 N–H and O–H groups in total. The fraction of sp³-hybridized carbons (Fsp3) is 0.400. The third-order valence-electron chi connectivity index (χ3n) is 6.69. The van der Waals surface area contributed by atoms with Gasteiger partial charge in [-0.3, -0.25) is 4.79 Å². The number of rotatable bonds is 7. The number of alkyl halides is 3. The van der Waals surface area contributed by atoms with Crippen LogP contribution in [0, 0.1) is 11.3 Å². The molecule has 0 aliphatic heterocycles. The molecule has 1 saturated carbocycles. The van der Waals surface area contributed by atoms with Crippen LogP contribution in [0.4, 0.5) is 13.2 Å². The Labute approximate surface area is 194 Å². The minimum Gasteiger partial charge on any atom is -0.481 e. The van der Waals surface area contributed by atoms with Gasteiger partial charge < -0.3 is 14.8 Å². The molecular formula is C25H25F3N2O4. The van der Waals surface area contributed by atoms with E-state index in [9.17, 15) is 27.9 Å². The minimum absolute atomic E-state index is 0.00983. The summed E-state index contributed by atoms with van der Waals surface area (Å²) in [6.07, 6.45) is 3.39. The number of nitrogens with one attached hydrogen (secondary N) is 1. The van der Waals surface area contributed by atoms with Crippen LogP contribution in [0.1, 0.15) is 54.0 Å². The summed E-state index contributed by atoms with van der Waals surface area (Å²) in [5.74, 6) is -1.70. The average molecular weight is 474 g/mol. The molecule has 1 heterocycles. The lowest BCUT2D eigenvalue weighted by atomic mass is 9.68. The molecule has 2 aliphatic carbocycles. The molecule has 0 spiro atoms. The number of hydrogen-bond donors (Lipinski definition) is 2. The zero-order valence-electron chi connectivity index (χ0n) is 18.4. The maximum Gasteiger partial charge on any atom is 0.416 e. The molecule has 0 amide bonds. The Bertz CT molecular complexity index is 1160. The second kappa shape index (κ2) is 9.48. The van der Waals surface area contributed by atoms with Crippen molar-refractivity contribution in [2.24, 2.45) is 11.3 Å². The van der Waals surface area contributed by atoms with Crippen LogP contribution in [-0.4, -0.2) is 27.2 Å². The lowest BCUT2D eigenvalue weighted by molar-refractivity contribution is -0.0889. The summed E-state index contributed by atoms with van der Waals surface area (Å²) in [7, 11) is 0. The lowest BCUT2D eigenvalue weighted by Gasteiger charge is -2.37. The highest BCUT2D eigenvalue weighted by Gasteiger charge is 2.43. The molecule has 0 saturated heterocycles. The SMILES string of the molecule is O=C(O)c1nc(CC2(C3C=CC(C(F)(F)F)=CC3)CCCC2)[nH]c(=O)c1OCc1ccccc1. The zero-order valence-corrected chi connectivity index (χ0v) is 18.4. The number of ether oxygens (including phenoxy) is 1. The predicted molar refractivity (Wildman–Crippen MR) is 119 cm³/mol. The largest absolute Gasteiger partial charge is 0.481 e. The molecule has 6 nitrogen and oxygen atoms in total. The molecule has 1 unspecified atom stereocenters. The maximum absolute atomic E-state index is 13.0. The molecule has 0 radical (unpaired) electrons. The van der Waals surface area contributed by atoms with Crippen molar-refractivity contribution in [3.05, 3.63) is 81.6 Å². The van der Waals surface area contributed by atoms with E-state index >= 15 is 0 Å². The zero-order chi connectivity index (χ0) is 24.3. The first-order chi connectivity index (χ1) is 16.2. The molecule has 2 aromatic rings. The summed E-state index contributed by atoms with van der Waals surface area (Å²) in [5, 5.41) is 9.67. The van der Waals surface area contributed by atoms with Gasteiger partial charge in [-0.1, -0.05) is 61.4 Å². The number of allylic oxidation sites excluding steroid dienone is 4. The van der Waals surface area contributed by atoms with E-state index in [1.165, 1.54) is 6.08 Å². The molecule has 4 rings (SSSR count). The van der Waals surface area contributed by atoms with E-state index in [1.54, 1.807) is 30.3 Å². The number of carboxylic acid groups (broad SMARTS) is 1. The third kappa shape index (κ3) is 5.08. The predicted octanol–water partition coefficient (Wildman–Crippen LogP) is 5.21. The molecule has 0 bridgehead atoms. The van der Waals surface area contributed by atoms with E-state index < -0.39 is 34.4 Å². The summed E-state index contributed by atoms with van der Waals surface area (Å²) >= 11 is 0. The maximum atomic E-state index is 13.0. The van der Waals surface area contributed by atoms with Crippen LogP contribution in [0.2, 0.25) is 0 Å². The van der Waals surface area contributed by atoms with Gasteiger partial charge in [-0.05, 0) is 36.2 Å². The summed E-state index contributed by atoms with van der Waals surface area (Å²) in [5.41, 5.74) is -1.45. The van der Waals surface area contributed by atoms with Gasteiger partial charge in [0.05, 0.1) is 5.57 Å². The van der Waals surface area contributed by atoms with Crippen molar-refractivity contribution >= 4 is 5.97 Å². The minimum atomic E-state index is -4.39. The summed E-state index contributed by atoms with van der Waals surface area (Å²) in [4.78, 5) is 31.5. The Morgan fingerprint density at radius 1 is 1.21 bits per heavy atom. The highest BCUT2D eigenvalue weighted by atomic mass is 19.4. The molecule has 9 heteroatoms. The van der Waals surface area contributed by atoms with Crippen molar-refractivity contribution in [3.8, 4) is 5.75 Å². The lowest BCUT2D eigenvalue weighted by Crippen LogP contribution is -2.32. The van der Waals surface area contributed by atoms with E-state index in [1.807, 2.05) is 6.07 Å². The Morgan fingerprint density at radius 2 is 1.91 bits per heavy atom. The first-order valence-corrected chi connectivity index (χ1v) is 11.2. The van der Waals surface area contributed by atoms with Gasteiger partial charge in [0, 0.05) is 6.42 Å². The third-order valence-corrected chi connectivity index (χ3v) is 6.69. The fourth-order valence-electron chi connectivity index (χ4n) is 4.98. The Morgan fingerprint density at radius 3 is 2.50 bits per heavy atom. The van der Waals surface area contributed by atoms with Crippen molar-refractivity contribution in [1.82, 2.24) is 9.97 Å². The number of hydrogen-bond acceptors (Lipinski definition) is 4. The fourth-order valence-corrected chi connectivity index (χ4v) is 4.98. The summed E-state index contributed by atoms with van der Waals surface area (Å²) in [6.45, 7) is 0.00983. The molecule has 1 aromatic carbocycles. The molecule has 2 aliphatic rings. The number of H-pyrrole nitrogens is 1. The van der Waals surface area contributed by atoms with Gasteiger partial charge in [-0.25, -0.2) is 9.78 Å². The highest BCUT2D eigenvalue weighted by molar-refractivity contribution is 5.88. The normalized spacial score (nSPS) is 19.6. The van der Waals surface area contributed by atoms with Crippen molar-refractivity contribution in [1.29, 1.82) is 0 Å². The first kappa shape index (κ1) is 23.8. The van der Waals surface area contributed by atoms with E-state index in [2.05, 4.69) is 9.97 Å². The van der Waals surface area contributed by atoms with Crippen molar-refractivity contribution in [2.45, 2.75) is 51.3 Å². The average Bonchev–Trinajstić information content (AvgIpc) is 3.28. The van der Waals surface area contributed by atoms with Crippen LogP contribution < -0.4 is 10.3 Å². The Kier molecular flexibility index (Phi) is 6.63. The number of aromatic carboxylic acids is 1.